The average molecular weight is 452 g/mol. The summed E-state index contributed by atoms with van der Waals surface area (Å²) in [5.41, 5.74) is 4.37. The fourth-order valence-corrected chi connectivity index (χ4v) is 3.69. The molecule has 0 aliphatic carbocycles. The van der Waals surface area contributed by atoms with Gasteiger partial charge in [-0.25, -0.2) is 8.78 Å². The van der Waals surface area contributed by atoms with Crippen LogP contribution in [0.2, 0.25) is 0 Å². The maximum atomic E-state index is 13.7. The van der Waals surface area contributed by atoms with E-state index in [9.17, 15) is 23.5 Å². The minimum absolute atomic E-state index is 0.0975. The Morgan fingerprint density at radius 2 is 1.97 bits per heavy atom. The molecule has 170 valence electrons. The van der Waals surface area contributed by atoms with Gasteiger partial charge in [0.25, 0.3) is 5.91 Å². The van der Waals surface area contributed by atoms with E-state index in [2.05, 4.69) is 10.4 Å². The van der Waals surface area contributed by atoms with E-state index in [1.165, 1.54) is 40.0 Å². The highest BCUT2D eigenvalue weighted by atomic mass is 19.1. The summed E-state index contributed by atoms with van der Waals surface area (Å²) < 4.78 is 28.6. The summed E-state index contributed by atoms with van der Waals surface area (Å²) in [5.74, 6) is -1.83. The molecule has 0 bridgehead atoms. The van der Waals surface area contributed by atoms with E-state index in [0.717, 1.165) is 17.5 Å². The molecule has 0 saturated heterocycles. The van der Waals surface area contributed by atoms with Crippen LogP contribution in [0, 0.1) is 11.6 Å². The van der Waals surface area contributed by atoms with E-state index in [-0.39, 0.29) is 24.7 Å². The first-order chi connectivity index (χ1) is 15.9. The highest BCUT2D eigenvalue weighted by Crippen LogP contribution is 2.18. The maximum absolute atomic E-state index is 13.7. The fourth-order valence-electron chi connectivity index (χ4n) is 3.69. The largest absolute Gasteiger partial charge is 0.502 e. The molecular formula is C24H22F2N4O3. The number of allylic oxidation sites excluding steroid dienone is 1. The number of fused-ring (bicyclic) bond motifs is 1. The number of rotatable bonds is 7. The van der Waals surface area contributed by atoms with Crippen molar-refractivity contribution in [2.75, 3.05) is 18.6 Å². The summed E-state index contributed by atoms with van der Waals surface area (Å²) in [6.45, 7) is 0.497. The van der Waals surface area contributed by atoms with E-state index >= 15 is 0 Å². The summed E-state index contributed by atoms with van der Waals surface area (Å²) in [7, 11) is 0. The highest BCUT2D eigenvalue weighted by molar-refractivity contribution is 5.96. The predicted octanol–water partition coefficient (Wildman–Crippen LogP) is 2.96. The monoisotopic (exact) mass is 452 g/mol. The van der Waals surface area contributed by atoms with E-state index in [0.29, 0.717) is 24.8 Å². The molecule has 7 nitrogen and oxygen atoms in total. The van der Waals surface area contributed by atoms with Crippen LogP contribution in [0.5, 0.6) is 5.75 Å². The molecule has 9 heteroatoms. The van der Waals surface area contributed by atoms with Crippen molar-refractivity contribution in [1.82, 2.24) is 14.6 Å². The van der Waals surface area contributed by atoms with Gasteiger partial charge >= 0.3 is 0 Å². The first-order valence-corrected chi connectivity index (χ1v) is 10.4. The number of aromatic nitrogens is 2. The molecular weight excluding hydrogens is 430 g/mol. The molecule has 0 spiro atoms. The third kappa shape index (κ3) is 5.08. The number of nitrogens with one attached hydrogen (secondary N) is 1. The lowest BCUT2D eigenvalue weighted by Gasteiger charge is -2.30. The number of aryl methyl sites for hydroxylation is 1. The zero-order valence-electron chi connectivity index (χ0n) is 17.7. The molecule has 0 radical (unpaired) electrons. The molecule has 1 aliphatic heterocycles. The molecule has 1 aliphatic rings. The molecule has 33 heavy (non-hydrogen) atoms. The van der Waals surface area contributed by atoms with E-state index in [1.807, 2.05) is 12.2 Å². The Labute approximate surface area is 188 Å². The average Bonchev–Trinajstić information content (AvgIpc) is 2.78. The zero-order valence-corrected chi connectivity index (χ0v) is 17.7. The molecule has 0 unspecified atom stereocenters. The van der Waals surface area contributed by atoms with E-state index < -0.39 is 22.9 Å². The smallest absolute Gasteiger partial charge is 0.278 e. The number of carbonyl (C=O) groups excluding carboxylic acids is 1. The summed E-state index contributed by atoms with van der Waals surface area (Å²) in [6.07, 6.45) is 7.79. The number of hydrogen-bond donors (Lipinski definition) is 2. The van der Waals surface area contributed by atoms with Crippen LogP contribution in [0.25, 0.3) is 0 Å². The summed E-state index contributed by atoms with van der Waals surface area (Å²) in [5, 5.41) is 9.94. The maximum Gasteiger partial charge on any atom is 0.278 e. The van der Waals surface area contributed by atoms with Gasteiger partial charge in [-0.1, -0.05) is 24.3 Å². The Bertz CT molecular complexity index is 1270. The van der Waals surface area contributed by atoms with Crippen molar-refractivity contribution in [3.8, 4) is 5.75 Å². The molecule has 3 aromatic rings. The summed E-state index contributed by atoms with van der Waals surface area (Å²) in [4.78, 5) is 29.9. The quantitative estimate of drug-likeness (QED) is 0.539. The Morgan fingerprint density at radius 1 is 1.12 bits per heavy atom. The molecule has 2 N–H and O–H groups in total. The highest BCUT2D eigenvalue weighted by Gasteiger charge is 2.27. The molecule has 2 aromatic heterocycles. The molecule has 0 saturated carbocycles. The first kappa shape index (κ1) is 22.2. The third-order valence-electron chi connectivity index (χ3n) is 5.35. The van der Waals surface area contributed by atoms with Crippen molar-refractivity contribution in [3.05, 3.63) is 105 Å². The van der Waals surface area contributed by atoms with Crippen molar-refractivity contribution < 1.29 is 18.7 Å². The molecule has 0 fully saturated rings. The van der Waals surface area contributed by atoms with E-state index in [1.54, 1.807) is 12.1 Å². The molecule has 1 amide bonds. The molecule has 1 aromatic carbocycles. The Kier molecular flexibility index (Phi) is 6.48. The van der Waals surface area contributed by atoms with E-state index in [4.69, 9.17) is 0 Å². The Balaban J connectivity index is 1.37. The number of nitrogens with zero attached hydrogens (tertiary/aromatic N) is 3. The number of amides is 1. The minimum atomic E-state index is -0.616. The van der Waals surface area contributed by atoms with Crippen LogP contribution in [-0.2, 0) is 12.8 Å². The van der Waals surface area contributed by atoms with Gasteiger partial charge in [-0.15, -0.1) is 0 Å². The van der Waals surface area contributed by atoms with Gasteiger partial charge in [-0.3, -0.25) is 19.2 Å². The molecule has 0 atom stereocenters. The zero-order chi connectivity index (χ0) is 23.4. The topological polar surface area (TPSA) is 87.5 Å². The van der Waals surface area contributed by atoms with Crippen LogP contribution in [0.15, 0.2) is 65.7 Å². The second-order valence-corrected chi connectivity index (χ2v) is 7.67. The van der Waals surface area contributed by atoms with Crippen molar-refractivity contribution >= 4 is 5.91 Å². The van der Waals surface area contributed by atoms with Crippen molar-refractivity contribution in [3.63, 3.8) is 0 Å². The number of hydrogen-bond acceptors (Lipinski definition) is 5. The van der Waals surface area contributed by atoms with Crippen molar-refractivity contribution in [2.24, 2.45) is 0 Å². The van der Waals surface area contributed by atoms with Crippen LogP contribution < -0.4 is 10.9 Å². The lowest BCUT2D eigenvalue weighted by molar-refractivity contribution is 0.0741. The first-order valence-electron chi connectivity index (χ1n) is 10.4. The number of aromatic hydroxyl groups is 1. The van der Waals surface area contributed by atoms with Gasteiger partial charge in [0.2, 0.25) is 5.43 Å². The lowest BCUT2D eigenvalue weighted by Crippen LogP contribution is -2.46. The van der Waals surface area contributed by atoms with Gasteiger partial charge in [-0.2, -0.15) is 0 Å². The normalized spacial score (nSPS) is 13.3. The lowest BCUT2D eigenvalue weighted by atomic mass is 10.0. The van der Waals surface area contributed by atoms with Crippen LogP contribution >= 0.6 is 0 Å². The Morgan fingerprint density at radius 3 is 2.79 bits per heavy atom. The van der Waals surface area contributed by atoms with Crippen molar-refractivity contribution in [2.45, 2.75) is 19.3 Å². The minimum Gasteiger partial charge on any atom is -0.502 e. The second kappa shape index (κ2) is 9.64. The molecule has 3 heterocycles. The van der Waals surface area contributed by atoms with Gasteiger partial charge < -0.3 is 15.4 Å². The van der Waals surface area contributed by atoms with Gasteiger partial charge in [0.1, 0.15) is 18.3 Å². The fraction of sp³-hybridized carbons (Fsp3) is 0.208. The van der Waals surface area contributed by atoms with Crippen LogP contribution in [0.4, 0.5) is 8.78 Å². The van der Waals surface area contributed by atoms with Gasteiger partial charge in [-0.05, 0) is 48.6 Å². The standard InChI is InChI=1S/C24H22F2N4O3/c25-18-6-4-5-16(12-18)11-17-13-19(26)14-27-20(17)7-2-1-3-9-29-15-28-30-10-8-21(31)23(32)22(30)24(29)33/h1,3-6,8,10,12-14,28,32H,2,7,9,11,15H2/b3-1-. The SMILES string of the molecule is O=C1c2c(O)c(=O)ccn2NCN1C/C=C\CCc1ncc(F)cc1Cc1cccc(F)c1. The summed E-state index contributed by atoms with van der Waals surface area (Å²) >= 11 is 0. The second-order valence-electron chi connectivity index (χ2n) is 7.67. The predicted molar refractivity (Wildman–Crippen MR) is 118 cm³/mol. The van der Waals surface area contributed by atoms with Crippen LogP contribution in [0.3, 0.4) is 0 Å². The van der Waals surface area contributed by atoms with Crippen molar-refractivity contribution in [1.29, 1.82) is 0 Å². The van der Waals surface area contributed by atoms with Gasteiger partial charge in [0.15, 0.2) is 11.4 Å². The molecule has 4 rings (SSSR count). The van der Waals surface area contributed by atoms with Gasteiger partial charge in [0.05, 0.1) is 6.20 Å². The number of pyridine rings is 2. The third-order valence-corrected chi connectivity index (χ3v) is 5.35. The van der Waals surface area contributed by atoms with Gasteiger partial charge in [0, 0.05) is 24.5 Å². The number of halogens is 2. The Hall–Kier alpha value is -4.01. The number of benzene rings is 1. The summed E-state index contributed by atoms with van der Waals surface area (Å²) in [6, 6.07) is 8.78. The van der Waals surface area contributed by atoms with Crippen LogP contribution in [-0.4, -0.2) is 38.8 Å². The number of carbonyl (C=O) groups is 1. The van der Waals surface area contributed by atoms with Crippen LogP contribution in [0.1, 0.15) is 33.7 Å².